The fourth-order valence-electron chi connectivity index (χ4n) is 2.32. The van der Waals surface area contributed by atoms with Crippen LogP contribution in [0.3, 0.4) is 0 Å². The maximum absolute atomic E-state index is 6.08. The second-order valence-corrected chi connectivity index (χ2v) is 5.31. The van der Waals surface area contributed by atoms with Crippen LogP contribution in [-0.2, 0) is 10.6 Å². The van der Waals surface area contributed by atoms with Gasteiger partial charge in [0.05, 0.1) is 12.0 Å². The van der Waals surface area contributed by atoms with Crippen LogP contribution in [0.1, 0.15) is 31.7 Å². The fourth-order valence-corrected chi connectivity index (χ4v) is 2.83. The van der Waals surface area contributed by atoms with Crippen LogP contribution in [-0.4, -0.2) is 35.8 Å². The first-order valence-corrected chi connectivity index (χ1v) is 7.59. The SMILES string of the molecule is CCCOC1CCCN(c2ncnc(Cl)c2CCl)C1. The largest absolute Gasteiger partial charge is 0.376 e. The lowest BCUT2D eigenvalue weighted by atomic mass is 10.1. The maximum atomic E-state index is 6.08. The van der Waals surface area contributed by atoms with Crippen molar-refractivity contribution >= 4 is 29.0 Å². The number of ether oxygens (including phenoxy) is 1. The van der Waals surface area contributed by atoms with E-state index in [4.69, 9.17) is 27.9 Å². The summed E-state index contributed by atoms with van der Waals surface area (Å²) in [5, 5.41) is 0.441. The number of nitrogens with zero attached hydrogens (tertiary/aromatic N) is 3. The minimum Gasteiger partial charge on any atom is -0.376 e. The van der Waals surface area contributed by atoms with Gasteiger partial charge in [0.25, 0.3) is 0 Å². The quantitative estimate of drug-likeness (QED) is 0.618. The number of piperidine rings is 1. The summed E-state index contributed by atoms with van der Waals surface area (Å²) in [5.41, 5.74) is 0.807. The third-order valence-corrected chi connectivity index (χ3v) is 3.83. The van der Waals surface area contributed by atoms with Gasteiger partial charge in [0.2, 0.25) is 0 Å². The lowest BCUT2D eigenvalue weighted by molar-refractivity contribution is 0.0439. The Morgan fingerprint density at radius 3 is 3.05 bits per heavy atom. The second-order valence-electron chi connectivity index (χ2n) is 4.68. The zero-order chi connectivity index (χ0) is 13.7. The number of alkyl halides is 1. The fraction of sp³-hybridized carbons (Fsp3) is 0.692. The van der Waals surface area contributed by atoms with E-state index in [0.29, 0.717) is 11.0 Å². The van der Waals surface area contributed by atoms with Crippen molar-refractivity contribution in [3.05, 3.63) is 17.0 Å². The Labute approximate surface area is 124 Å². The van der Waals surface area contributed by atoms with E-state index in [9.17, 15) is 0 Å². The predicted molar refractivity (Wildman–Crippen MR) is 78.1 cm³/mol. The second kappa shape index (κ2) is 7.27. The minimum atomic E-state index is 0.269. The molecule has 6 heteroatoms. The Morgan fingerprint density at radius 1 is 1.47 bits per heavy atom. The number of anilines is 1. The number of rotatable bonds is 5. The highest BCUT2D eigenvalue weighted by Gasteiger charge is 2.24. The molecule has 1 atom stereocenters. The lowest BCUT2D eigenvalue weighted by Gasteiger charge is -2.34. The van der Waals surface area contributed by atoms with Crippen LogP contribution in [0.15, 0.2) is 6.33 Å². The number of hydrogen-bond acceptors (Lipinski definition) is 4. The Hall–Kier alpha value is -0.580. The molecule has 1 aliphatic heterocycles. The van der Waals surface area contributed by atoms with Gasteiger partial charge in [-0.15, -0.1) is 11.6 Å². The number of hydrogen-bond donors (Lipinski definition) is 0. The molecule has 2 rings (SSSR count). The van der Waals surface area contributed by atoms with Gasteiger partial charge < -0.3 is 9.64 Å². The normalized spacial score (nSPS) is 19.7. The van der Waals surface area contributed by atoms with Crippen LogP contribution in [0.2, 0.25) is 5.15 Å². The van der Waals surface area contributed by atoms with Crippen molar-refractivity contribution in [3.63, 3.8) is 0 Å². The van der Waals surface area contributed by atoms with E-state index in [-0.39, 0.29) is 6.10 Å². The van der Waals surface area contributed by atoms with Gasteiger partial charge in [0.1, 0.15) is 17.3 Å². The smallest absolute Gasteiger partial charge is 0.138 e. The number of halogens is 2. The molecule has 0 N–H and O–H groups in total. The molecule has 0 amide bonds. The summed E-state index contributed by atoms with van der Waals surface area (Å²) >= 11 is 12.0. The van der Waals surface area contributed by atoms with E-state index in [1.807, 2.05) is 0 Å². The highest BCUT2D eigenvalue weighted by molar-refractivity contribution is 6.31. The molecule has 1 saturated heterocycles. The molecule has 106 valence electrons. The van der Waals surface area contributed by atoms with Crippen LogP contribution in [0.4, 0.5) is 5.82 Å². The van der Waals surface area contributed by atoms with E-state index in [0.717, 1.165) is 50.3 Å². The highest BCUT2D eigenvalue weighted by atomic mass is 35.5. The van der Waals surface area contributed by atoms with Gasteiger partial charge >= 0.3 is 0 Å². The van der Waals surface area contributed by atoms with Crippen LogP contribution in [0.5, 0.6) is 0 Å². The van der Waals surface area contributed by atoms with Crippen molar-refractivity contribution in [3.8, 4) is 0 Å². The standard InChI is InChI=1S/C13H19Cl2N3O/c1-2-6-19-10-4-3-5-18(8-10)13-11(7-14)12(15)16-9-17-13/h9-10H,2-8H2,1H3. The van der Waals surface area contributed by atoms with Crippen molar-refractivity contribution in [1.29, 1.82) is 0 Å². The molecule has 2 heterocycles. The molecule has 0 bridgehead atoms. The molecule has 1 aromatic rings. The molecule has 4 nitrogen and oxygen atoms in total. The third-order valence-electron chi connectivity index (χ3n) is 3.24. The Bertz CT molecular complexity index is 417. The zero-order valence-electron chi connectivity index (χ0n) is 11.1. The topological polar surface area (TPSA) is 38.2 Å². The van der Waals surface area contributed by atoms with Crippen molar-refractivity contribution in [2.24, 2.45) is 0 Å². The lowest BCUT2D eigenvalue weighted by Crippen LogP contribution is -2.40. The average molecular weight is 304 g/mol. The van der Waals surface area contributed by atoms with Crippen molar-refractivity contribution < 1.29 is 4.74 Å². The van der Waals surface area contributed by atoms with Gasteiger partial charge in [-0.05, 0) is 19.3 Å². The van der Waals surface area contributed by atoms with Crippen molar-refractivity contribution in [1.82, 2.24) is 9.97 Å². The summed E-state index contributed by atoms with van der Waals surface area (Å²) in [4.78, 5) is 10.5. The minimum absolute atomic E-state index is 0.269. The molecule has 0 saturated carbocycles. The molecule has 19 heavy (non-hydrogen) atoms. The van der Waals surface area contributed by atoms with E-state index in [2.05, 4.69) is 21.8 Å². The molecule has 0 aromatic carbocycles. The summed E-state index contributed by atoms with van der Waals surface area (Å²) in [6.45, 7) is 4.74. The summed E-state index contributed by atoms with van der Waals surface area (Å²) in [6, 6.07) is 0. The van der Waals surface area contributed by atoms with Gasteiger partial charge in [-0.25, -0.2) is 9.97 Å². The molecule has 1 fully saturated rings. The first-order chi connectivity index (χ1) is 9.26. The van der Waals surface area contributed by atoms with Crippen LogP contribution < -0.4 is 4.90 Å². The summed E-state index contributed by atoms with van der Waals surface area (Å²) < 4.78 is 5.84. The Morgan fingerprint density at radius 2 is 2.32 bits per heavy atom. The molecule has 1 aliphatic rings. The van der Waals surface area contributed by atoms with Gasteiger partial charge in [-0.1, -0.05) is 18.5 Å². The Balaban J connectivity index is 2.10. The van der Waals surface area contributed by atoms with E-state index in [1.54, 1.807) is 0 Å². The molecule has 0 spiro atoms. The summed E-state index contributed by atoms with van der Waals surface area (Å²) in [5.74, 6) is 1.17. The molecule has 0 aliphatic carbocycles. The summed E-state index contributed by atoms with van der Waals surface area (Å²) in [7, 11) is 0. The number of aromatic nitrogens is 2. The first-order valence-electron chi connectivity index (χ1n) is 6.68. The van der Waals surface area contributed by atoms with Crippen LogP contribution >= 0.6 is 23.2 Å². The van der Waals surface area contributed by atoms with Gasteiger partial charge in [0.15, 0.2) is 0 Å². The molecular weight excluding hydrogens is 285 g/mol. The highest BCUT2D eigenvalue weighted by Crippen LogP contribution is 2.27. The molecule has 0 radical (unpaired) electrons. The van der Waals surface area contributed by atoms with E-state index < -0.39 is 0 Å². The Kier molecular flexibility index (Phi) is 5.67. The maximum Gasteiger partial charge on any atom is 0.138 e. The average Bonchev–Trinajstić information content (AvgIpc) is 2.45. The van der Waals surface area contributed by atoms with Gasteiger partial charge in [-0.3, -0.25) is 0 Å². The van der Waals surface area contributed by atoms with Crippen molar-refractivity contribution in [2.75, 3.05) is 24.6 Å². The predicted octanol–water partition coefficient (Wildman–Crippen LogP) is 3.26. The summed E-state index contributed by atoms with van der Waals surface area (Å²) in [6.07, 6.45) is 5.00. The van der Waals surface area contributed by atoms with Crippen LogP contribution in [0.25, 0.3) is 0 Å². The molecule has 1 aromatic heterocycles. The van der Waals surface area contributed by atoms with E-state index >= 15 is 0 Å². The van der Waals surface area contributed by atoms with Crippen LogP contribution in [0, 0.1) is 0 Å². The monoisotopic (exact) mass is 303 g/mol. The zero-order valence-corrected chi connectivity index (χ0v) is 12.6. The third kappa shape index (κ3) is 3.71. The molecular formula is C13H19Cl2N3O. The first kappa shape index (κ1) is 14.8. The van der Waals surface area contributed by atoms with Crippen molar-refractivity contribution in [2.45, 2.75) is 38.2 Å². The van der Waals surface area contributed by atoms with E-state index in [1.165, 1.54) is 6.33 Å². The molecule has 1 unspecified atom stereocenters. The van der Waals surface area contributed by atoms with Gasteiger partial charge in [-0.2, -0.15) is 0 Å². The van der Waals surface area contributed by atoms with Gasteiger partial charge in [0, 0.05) is 25.3 Å².